The molecular formula is C16H15BrF3N3O. The van der Waals surface area contributed by atoms with Crippen molar-refractivity contribution in [1.82, 2.24) is 14.7 Å². The Morgan fingerprint density at radius 2 is 1.79 bits per heavy atom. The maximum absolute atomic E-state index is 12.7. The maximum Gasteiger partial charge on any atom is 0.435 e. The summed E-state index contributed by atoms with van der Waals surface area (Å²) in [6, 6.07) is 9.64. The number of alkyl halides is 3. The van der Waals surface area contributed by atoms with Gasteiger partial charge in [-0.1, -0.05) is 28.1 Å². The van der Waals surface area contributed by atoms with Gasteiger partial charge in [0.2, 0.25) is 0 Å². The van der Waals surface area contributed by atoms with E-state index in [1.807, 2.05) is 24.3 Å². The first-order chi connectivity index (χ1) is 11.3. The smallest absolute Gasteiger partial charge is 0.298 e. The Labute approximate surface area is 145 Å². The molecule has 8 heteroatoms. The van der Waals surface area contributed by atoms with E-state index in [9.17, 15) is 18.0 Å². The Kier molecular flexibility index (Phi) is 4.78. The van der Waals surface area contributed by atoms with Gasteiger partial charge in [-0.2, -0.15) is 18.3 Å². The Morgan fingerprint density at radius 1 is 1.12 bits per heavy atom. The molecule has 1 saturated heterocycles. The van der Waals surface area contributed by atoms with Gasteiger partial charge in [-0.25, -0.2) is 4.68 Å². The van der Waals surface area contributed by atoms with Crippen LogP contribution in [0.4, 0.5) is 13.2 Å². The van der Waals surface area contributed by atoms with E-state index in [4.69, 9.17) is 0 Å². The van der Waals surface area contributed by atoms with Crippen molar-refractivity contribution in [2.24, 2.45) is 5.92 Å². The highest BCUT2D eigenvalue weighted by Crippen LogP contribution is 2.26. The Bertz CT molecular complexity index is 767. The highest BCUT2D eigenvalue weighted by Gasteiger charge is 2.34. The second kappa shape index (κ2) is 6.68. The Balaban J connectivity index is 1.57. The number of nitrogens with zero attached hydrogens (tertiary/aromatic N) is 3. The first-order valence-corrected chi connectivity index (χ1v) is 8.23. The van der Waals surface area contributed by atoms with Gasteiger partial charge in [0.25, 0.3) is 5.56 Å². The van der Waals surface area contributed by atoms with Gasteiger partial charge in [0, 0.05) is 36.1 Å². The second-order valence-corrected chi connectivity index (χ2v) is 6.84. The van der Waals surface area contributed by atoms with Crippen molar-refractivity contribution >= 4 is 15.9 Å². The van der Waals surface area contributed by atoms with Crippen LogP contribution in [0.1, 0.15) is 11.3 Å². The van der Waals surface area contributed by atoms with E-state index in [2.05, 4.69) is 25.9 Å². The molecule has 2 heterocycles. The van der Waals surface area contributed by atoms with Gasteiger partial charge in [-0.3, -0.25) is 9.69 Å². The van der Waals surface area contributed by atoms with Crippen molar-refractivity contribution in [3.63, 3.8) is 0 Å². The van der Waals surface area contributed by atoms with Crippen LogP contribution in [-0.4, -0.2) is 27.8 Å². The van der Waals surface area contributed by atoms with Gasteiger partial charge in [-0.15, -0.1) is 0 Å². The van der Waals surface area contributed by atoms with Crippen LogP contribution >= 0.6 is 15.9 Å². The minimum absolute atomic E-state index is 0.133. The van der Waals surface area contributed by atoms with Crippen LogP contribution in [0.25, 0.3) is 0 Å². The molecule has 4 nitrogen and oxygen atoms in total. The molecule has 3 rings (SSSR count). The molecule has 0 unspecified atom stereocenters. The summed E-state index contributed by atoms with van der Waals surface area (Å²) in [5.41, 5.74) is -0.367. The SMILES string of the molecule is O=c1ccc(C(F)(F)F)nn1CC1CN(Cc2ccc(Br)cc2)C1. The van der Waals surface area contributed by atoms with E-state index in [-0.39, 0.29) is 12.5 Å². The van der Waals surface area contributed by atoms with Crippen LogP contribution < -0.4 is 5.56 Å². The average molecular weight is 402 g/mol. The number of rotatable bonds is 4. The highest BCUT2D eigenvalue weighted by atomic mass is 79.9. The topological polar surface area (TPSA) is 38.1 Å². The lowest BCUT2D eigenvalue weighted by Crippen LogP contribution is -2.49. The molecule has 0 atom stereocenters. The number of halogens is 4. The quantitative estimate of drug-likeness (QED) is 0.789. The molecule has 24 heavy (non-hydrogen) atoms. The van der Waals surface area contributed by atoms with Crippen molar-refractivity contribution < 1.29 is 13.2 Å². The summed E-state index contributed by atoms with van der Waals surface area (Å²) in [7, 11) is 0. The Hall–Kier alpha value is -1.67. The van der Waals surface area contributed by atoms with Crippen LogP contribution in [0.3, 0.4) is 0 Å². The molecule has 2 aromatic rings. The molecule has 0 amide bonds. The van der Waals surface area contributed by atoms with E-state index < -0.39 is 17.4 Å². The third kappa shape index (κ3) is 4.05. The maximum atomic E-state index is 12.7. The lowest BCUT2D eigenvalue weighted by molar-refractivity contribution is -0.142. The van der Waals surface area contributed by atoms with Crippen molar-refractivity contribution in [1.29, 1.82) is 0 Å². The number of hydrogen-bond acceptors (Lipinski definition) is 3. The zero-order valence-corrected chi connectivity index (χ0v) is 14.2. The van der Waals surface area contributed by atoms with Crippen molar-refractivity contribution in [3.05, 3.63) is 62.5 Å². The van der Waals surface area contributed by atoms with Crippen molar-refractivity contribution in [2.75, 3.05) is 13.1 Å². The summed E-state index contributed by atoms with van der Waals surface area (Å²) in [5, 5.41) is 3.44. The molecule has 1 aliphatic rings. The first kappa shape index (κ1) is 17.2. The van der Waals surface area contributed by atoms with Crippen LogP contribution in [0.15, 0.2) is 45.7 Å². The minimum Gasteiger partial charge on any atom is -0.298 e. The van der Waals surface area contributed by atoms with Crippen LogP contribution in [0, 0.1) is 5.92 Å². The molecular weight excluding hydrogens is 387 g/mol. The summed E-state index contributed by atoms with van der Waals surface area (Å²) in [6.45, 7) is 2.47. The number of hydrogen-bond donors (Lipinski definition) is 0. The molecule has 0 N–H and O–H groups in total. The van der Waals surface area contributed by atoms with Gasteiger partial charge < -0.3 is 0 Å². The standard InChI is InChI=1S/C16H15BrF3N3O/c17-13-3-1-11(2-4-13)7-22-8-12(9-22)10-23-15(24)6-5-14(21-23)16(18,19)20/h1-6,12H,7-10H2. The van der Waals surface area contributed by atoms with E-state index in [0.29, 0.717) is 0 Å². The Morgan fingerprint density at radius 3 is 2.42 bits per heavy atom. The normalized spacial score (nSPS) is 16.2. The molecule has 0 radical (unpaired) electrons. The summed E-state index contributed by atoms with van der Waals surface area (Å²) >= 11 is 3.38. The fourth-order valence-corrected chi connectivity index (χ4v) is 3.01. The molecule has 0 saturated carbocycles. The van der Waals surface area contributed by atoms with E-state index in [1.54, 1.807) is 0 Å². The summed E-state index contributed by atoms with van der Waals surface area (Å²) in [4.78, 5) is 13.9. The van der Waals surface area contributed by atoms with Crippen LogP contribution in [0.2, 0.25) is 0 Å². The van der Waals surface area contributed by atoms with E-state index in [1.165, 1.54) is 5.56 Å². The largest absolute Gasteiger partial charge is 0.435 e. The second-order valence-electron chi connectivity index (χ2n) is 5.92. The third-order valence-corrected chi connectivity index (χ3v) is 4.47. The summed E-state index contributed by atoms with van der Waals surface area (Å²) in [6.07, 6.45) is -4.54. The van der Waals surface area contributed by atoms with Gasteiger partial charge in [0.1, 0.15) is 0 Å². The summed E-state index contributed by atoms with van der Waals surface area (Å²) in [5.74, 6) is 0.133. The molecule has 0 spiro atoms. The average Bonchev–Trinajstić information content (AvgIpc) is 2.47. The third-order valence-electron chi connectivity index (χ3n) is 3.94. The molecule has 128 valence electrons. The molecule has 1 aromatic carbocycles. The molecule has 1 aliphatic heterocycles. The van der Waals surface area contributed by atoms with Crippen LogP contribution in [-0.2, 0) is 19.3 Å². The lowest BCUT2D eigenvalue weighted by Gasteiger charge is -2.39. The summed E-state index contributed by atoms with van der Waals surface area (Å²) < 4.78 is 40.0. The first-order valence-electron chi connectivity index (χ1n) is 7.43. The number of benzene rings is 1. The van der Waals surface area contributed by atoms with Gasteiger partial charge in [-0.05, 0) is 23.8 Å². The zero-order chi connectivity index (χ0) is 17.3. The van der Waals surface area contributed by atoms with E-state index in [0.717, 1.165) is 40.9 Å². The van der Waals surface area contributed by atoms with Crippen molar-refractivity contribution in [2.45, 2.75) is 19.3 Å². The predicted molar refractivity (Wildman–Crippen MR) is 86.4 cm³/mol. The number of aromatic nitrogens is 2. The van der Waals surface area contributed by atoms with Gasteiger partial charge in [0.05, 0.1) is 6.54 Å². The molecule has 0 bridgehead atoms. The molecule has 1 aromatic heterocycles. The lowest BCUT2D eigenvalue weighted by atomic mass is 9.99. The van der Waals surface area contributed by atoms with Gasteiger partial charge in [0.15, 0.2) is 5.69 Å². The van der Waals surface area contributed by atoms with Crippen LogP contribution in [0.5, 0.6) is 0 Å². The highest BCUT2D eigenvalue weighted by molar-refractivity contribution is 9.10. The molecule has 0 aliphatic carbocycles. The monoisotopic (exact) mass is 401 g/mol. The predicted octanol–water partition coefficient (Wildman–Crippen LogP) is 3.16. The minimum atomic E-state index is -4.54. The molecule has 1 fully saturated rings. The number of likely N-dealkylation sites (tertiary alicyclic amines) is 1. The van der Waals surface area contributed by atoms with E-state index >= 15 is 0 Å². The zero-order valence-electron chi connectivity index (χ0n) is 12.6. The van der Waals surface area contributed by atoms with Crippen molar-refractivity contribution in [3.8, 4) is 0 Å². The fraction of sp³-hybridized carbons (Fsp3) is 0.375. The fourth-order valence-electron chi connectivity index (χ4n) is 2.74. The van der Waals surface area contributed by atoms with Gasteiger partial charge >= 0.3 is 6.18 Å².